The van der Waals surface area contributed by atoms with Crippen LogP contribution in [-0.4, -0.2) is 78.6 Å². The molecule has 264 valence electrons. The van der Waals surface area contributed by atoms with Crippen LogP contribution >= 0.6 is 7.82 Å². The second-order valence-electron chi connectivity index (χ2n) is 13.7. The van der Waals surface area contributed by atoms with Crippen molar-refractivity contribution in [1.29, 1.82) is 0 Å². The number of carbonyl (C=O) groups excluding carboxylic acids is 1. The number of hydrogen-bond donors (Lipinski definition) is 3. The number of rotatable bonds is 34. The van der Waals surface area contributed by atoms with E-state index in [4.69, 9.17) is 14.3 Å². The third kappa shape index (κ3) is 27.9. The van der Waals surface area contributed by atoms with Crippen LogP contribution in [0.2, 0.25) is 0 Å². The van der Waals surface area contributed by atoms with Gasteiger partial charge in [-0.15, -0.1) is 0 Å². The normalized spacial score (nSPS) is 14.9. The molecule has 0 aliphatic heterocycles. The molecule has 0 amide bonds. The van der Waals surface area contributed by atoms with Crippen LogP contribution in [0.15, 0.2) is 0 Å². The Balaban J connectivity index is 3.78. The summed E-state index contributed by atoms with van der Waals surface area (Å²) in [6.07, 6.45) is 26.7. The third-order valence-corrected chi connectivity index (χ3v) is 9.26. The van der Waals surface area contributed by atoms with E-state index in [-0.39, 0.29) is 13.0 Å². The molecule has 0 rings (SSSR count). The van der Waals surface area contributed by atoms with Crippen LogP contribution in [0.5, 0.6) is 0 Å². The van der Waals surface area contributed by atoms with Gasteiger partial charge in [0.05, 0.1) is 27.7 Å². The van der Waals surface area contributed by atoms with Crippen molar-refractivity contribution in [3.63, 3.8) is 0 Å². The molecule has 0 fully saturated rings. The number of quaternary nitrogens is 1. The summed E-state index contributed by atoms with van der Waals surface area (Å²) in [4.78, 5) is 26.9. The average molecular weight is 653 g/mol. The van der Waals surface area contributed by atoms with Crippen molar-refractivity contribution in [3.05, 3.63) is 0 Å². The Morgan fingerprint density at radius 2 is 1.05 bits per heavy atom. The second kappa shape index (κ2) is 28.8. The maximum atomic E-state index is 12.7. The van der Waals surface area contributed by atoms with Gasteiger partial charge in [0.2, 0.25) is 0 Å². The lowest BCUT2D eigenvalue weighted by molar-refractivity contribution is -0.870. The predicted molar refractivity (Wildman–Crippen MR) is 180 cm³/mol. The molecule has 0 saturated carbocycles. The van der Waals surface area contributed by atoms with Gasteiger partial charge < -0.3 is 14.5 Å². The highest BCUT2D eigenvalue weighted by Crippen LogP contribution is 2.45. The fourth-order valence-corrected chi connectivity index (χ4v) is 6.26. The number of hydrogen-bond acceptors (Lipinski definition) is 7. The van der Waals surface area contributed by atoms with Crippen LogP contribution in [0.1, 0.15) is 161 Å². The van der Waals surface area contributed by atoms with E-state index in [1.807, 2.05) is 21.1 Å². The van der Waals surface area contributed by atoms with Gasteiger partial charge in [0.25, 0.3) is 0 Å². The van der Waals surface area contributed by atoms with Crippen LogP contribution in [0, 0.1) is 0 Å². The number of carbonyl (C=O) groups is 1. The zero-order valence-electron chi connectivity index (χ0n) is 29.0. The number of aliphatic hydroxyl groups excluding tert-OH is 1. The maximum absolute atomic E-state index is 12.7. The van der Waals surface area contributed by atoms with E-state index in [2.05, 4.69) is 11.8 Å². The van der Waals surface area contributed by atoms with Crippen molar-refractivity contribution < 1.29 is 43.0 Å². The van der Waals surface area contributed by atoms with Crippen LogP contribution in [0.3, 0.4) is 0 Å². The number of ketones is 1. The molecule has 0 aliphatic carbocycles. The molecule has 10 heteroatoms. The van der Waals surface area contributed by atoms with E-state index in [1.54, 1.807) is 0 Å². The Hall–Kier alpha value is -0.380. The van der Waals surface area contributed by atoms with Crippen molar-refractivity contribution >= 4 is 13.6 Å². The second-order valence-corrected chi connectivity index (χ2v) is 15.1. The number of phosphoric ester groups is 1. The highest BCUT2D eigenvalue weighted by atomic mass is 31.2. The zero-order chi connectivity index (χ0) is 32.9. The summed E-state index contributed by atoms with van der Waals surface area (Å²) in [5, 5.41) is 18.5. The molecular formula is C34H71NO8P+. The van der Waals surface area contributed by atoms with E-state index >= 15 is 0 Å². The standard InChI is InChI=1S/C34H70NO8P/c1-5-6-7-8-9-10-11-12-13-14-15-16-17-18-19-20-21-22-23-24-25-26-27-28-32(37)34(33(31-36)42-38)43-44(39,40)41-30-29-35(2,3)4/h33-34,36H,5-31H2,1-4H3,(H-,38,39,40)/p+1/t33-,34?/m0/s1. The topological polar surface area (TPSA) is 123 Å². The zero-order valence-corrected chi connectivity index (χ0v) is 29.9. The van der Waals surface area contributed by atoms with Crippen LogP contribution < -0.4 is 0 Å². The lowest BCUT2D eigenvalue weighted by Gasteiger charge is -2.26. The lowest BCUT2D eigenvalue weighted by atomic mass is 10.0. The van der Waals surface area contributed by atoms with Crippen LogP contribution in [-0.2, 0) is 23.3 Å². The molecule has 2 unspecified atom stereocenters. The Bertz CT molecular complexity index is 699. The molecule has 0 saturated heterocycles. The van der Waals surface area contributed by atoms with Crippen molar-refractivity contribution in [3.8, 4) is 0 Å². The first kappa shape index (κ1) is 43.6. The van der Waals surface area contributed by atoms with E-state index < -0.39 is 32.4 Å². The van der Waals surface area contributed by atoms with Crippen molar-refractivity contribution in [1.82, 2.24) is 0 Å². The number of likely N-dealkylation sites (N-methyl/N-ethyl adjacent to an activating group) is 1. The first-order chi connectivity index (χ1) is 21.1. The van der Waals surface area contributed by atoms with E-state index in [0.717, 1.165) is 19.3 Å². The van der Waals surface area contributed by atoms with Crippen molar-refractivity contribution in [2.24, 2.45) is 0 Å². The van der Waals surface area contributed by atoms with Gasteiger partial charge in [-0.1, -0.05) is 148 Å². The van der Waals surface area contributed by atoms with E-state index in [0.29, 0.717) is 17.4 Å². The van der Waals surface area contributed by atoms with Gasteiger partial charge in [0.1, 0.15) is 19.3 Å². The van der Waals surface area contributed by atoms with Crippen molar-refractivity contribution in [2.75, 3.05) is 40.9 Å². The summed E-state index contributed by atoms with van der Waals surface area (Å²) in [6.45, 7) is 1.93. The van der Waals surface area contributed by atoms with Gasteiger partial charge in [-0.2, -0.15) is 0 Å². The first-order valence-electron chi connectivity index (χ1n) is 18.0. The monoisotopic (exact) mass is 652 g/mol. The molecule has 3 atom stereocenters. The molecule has 0 spiro atoms. The molecule has 0 radical (unpaired) electrons. The van der Waals surface area contributed by atoms with Crippen molar-refractivity contribution in [2.45, 2.75) is 173 Å². The summed E-state index contributed by atoms with van der Waals surface area (Å²) < 4.78 is 22.9. The first-order valence-corrected chi connectivity index (χ1v) is 19.5. The molecule has 0 aromatic heterocycles. The number of aliphatic hydroxyl groups is 1. The smallest absolute Gasteiger partial charge is 0.393 e. The lowest BCUT2D eigenvalue weighted by Crippen LogP contribution is -2.40. The van der Waals surface area contributed by atoms with Crippen LogP contribution in [0.4, 0.5) is 0 Å². The average Bonchev–Trinajstić information content (AvgIpc) is 2.96. The molecule has 3 N–H and O–H groups in total. The number of unbranched alkanes of at least 4 members (excludes halogenated alkanes) is 22. The minimum absolute atomic E-state index is 0.0541. The van der Waals surface area contributed by atoms with Gasteiger partial charge in [0, 0.05) is 6.42 Å². The maximum Gasteiger partial charge on any atom is 0.473 e. The van der Waals surface area contributed by atoms with Gasteiger partial charge in [-0.05, 0) is 6.42 Å². The van der Waals surface area contributed by atoms with Gasteiger partial charge in [0.15, 0.2) is 11.9 Å². The Kier molecular flexibility index (Phi) is 28.6. The largest absolute Gasteiger partial charge is 0.473 e. The third-order valence-electron chi connectivity index (χ3n) is 8.26. The molecule has 0 aromatic rings. The minimum atomic E-state index is -4.58. The quantitative estimate of drug-likeness (QED) is 0.0207. The molecule has 0 aliphatic rings. The molecule has 44 heavy (non-hydrogen) atoms. The minimum Gasteiger partial charge on any atom is -0.393 e. The fourth-order valence-electron chi connectivity index (χ4n) is 5.35. The Morgan fingerprint density at radius 1 is 0.682 bits per heavy atom. The molecular weight excluding hydrogens is 581 g/mol. The van der Waals surface area contributed by atoms with E-state index in [1.165, 1.54) is 122 Å². The SMILES string of the molecule is CCCCCCCCCCCCCCCCCCCCCCCCCC(=O)C(OP(=O)(O)OCC[N+](C)(C)C)[C@H](CO)OO. The summed E-state index contributed by atoms with van der Waals surface area (Å²) in [5.74, 6) is -0.508. The number of Topliss-reactive ketones (excluding diaryl/α,β-unsaturated/α-hetero) is 1. The van der Waals surface area contributed by atoms with Gasteiger partial charge >= 0.3 is 7.82 Å². The highest BCUT2D eigenvalue weighted by molar-refractivity contribution is 7.47. The Morgan fingerprint density at radius 3 is 1.36 bits per heavy atom. The Labute approximate surface area is 270 Å². The summed E-state index contributed by atoms with van der Waals surface area (Å²) in [6, 6.07) is 0. The summed E-state index contributed by atoms with van der Waals surface area (Å²) >= 11 is 0. The number of phosphoric acid groups is 1. The van der Waals surface area contributed by atoms with E-state index in [9.17, 15) is 19.4 Å². The van der Waals surface area contributed by atoms with Crippen LogP contribution in [0.25, 0.3) is 0 Å². The summed E-state index contributed by atoms with van der Waals surface area (Å²) in [7, 11) is 1.13. The van der Waals surface area contributed by atoms with Gasteiger partial charge in [-0.3, -0.25) is 19.1 Å². The molecule has 0 aromatic carbocycles. The predicted octanol–water partition coefficient (Wildman–Crippen LogP) is 9.00. The molecule has 0 heterocycles. The molecule has 9 nitrogen and oxygen atoms in total. The summed E-state index contributed by atoms with van der Waals surface area (Å²) in [5.41, 5.74) is 0. The number of nitrogens with zero attached hydrogens (tertiary/aromatic N) is 1. The highest BCUT2D eigenvalue weighted by Gasteiger charge is 2.37. The van der Waals surface area contributed by atoms with Gasteiger partial charge in [-0.25, -0.2) is 9.45 Å². The fraction of sp³-hybridized carbons (Fsp3) is 0.971. The molecule has 0 bridgehead atoms.